The average Bonchev–Trinajstić information content (AvgIpc) is 2.78. The molecule has 1 saturated carbocycles. The Kier molecular flexibility index (Phi) is 5.21. The van der Waals surface area contributed by atoms with Gasteiger partial charge in [0, 0.05) is 6.04 Å². The number of amides is 4. The van der Waals surface area contributed by atoms with E-state index in [4.69, 9.17) is 17.3 Å². The Morgan fingerprint density at radius 2 is 1.88 bits per heavy atom. The first-order valence-corrected chi connectivity index (χ1v) is 6.02. The second kappa shape index (κ2) is 6.44. The SMILES string of the molecule is NC(=O)CN(C(=O)NC(=O)CCl)C1CCCC1. The first-order chi connectivity index (χ1) is 8.04. The molecule has 1 rings (SSSR count). The number of nitrogens with two attached hydrogens (primary N) is 1. The number of halogens is 1. The molecule has 0 aromatic rings. The highest BCUT2D eigenvalue weighted by atomic mass is 35.5. The molecule has 0 radical (unpaired) electrons. The molecule has 0 aliphatic heterocycles. The summed E-state index contributed by atoms with van der Waals surface area (Å²) >= 11 is 5.29. The van der Waals surface area contributed by atoms with Gasteiger partial charge in [-0.1, -0.05) is 12.8 Å². The lowest BCUT2D eigenvalue weighted by atomic mass is 10.2. The Bertz CT molecular complexity index is 316. The van der Waals surface area contributed by atoms with Crippen molar-refractivity contribution in [1.82, 2.24) is 10.2 Å². The molecule has 1 aliphatic carbocycles. The predicted molar refractivity (Wildman–Crippen MR) is 62.4 cm³/mol. The minimum atomic E-state index is -0.596. The van der Waals surface area contributed by atoms with Crippen LogP contribution in [0.5, 0.6) is 0 Å². The van der Waals surface area contributed by atoms with Crippen LogP contribution in [0.25, 0.3) is 0 Å². The van der Waals surface area contributed by atoms with Gasteiger partial charge in [0.1, 0.15) is 12.4 Å². The standard InChI is InChI=1S/C10H16ClN3O3/c11-5-9(16)13-10(17)14(6-8(12)15)7-3-1-2-4-7/h7H,1-6H2,(H2,12,15)(H,13,16,17). The number of carbonyl (C=O) groups is 3. The number of carbonyl (C=O) groups excluding carboxylic acids is 3. The molecule has 0 bridgehead atoms. The van der Waals surface area contributed by atoms with Crippen molar-refractivity contribution >= 4 is 29.4 Å². The highest BCUT2D eigenvalue weighted by Crippen LogP contribution is 2.23. The van der Waals surface area contributed by atoms with E-state index in [-0.39, 0.29) is 18.5 Å². The lowest BCUT2D eigenvalue weighted by molar-refractivity contribution is -0.120. The molecule has 1 fully saturated rings. The summed E-state index contributed by atoms with van der Waals surface area (Å²) in [6.07, 6.45) is 3.68. The molecule has 96 valence electrons. The van der Waals surface area contributed by atoms with Crippen molar-refractivity contribution in [2.75, 3.05) is 12.4 Å². The van der Waals surface area contributed by atoms with Crippen LogP contribution < -0.4 is 11.1 Å². The summed E-state index contributed by atoms with van der Waals surface area (Å²) in [5, 5.41) is 2.12. The molecule has 0 spiro atoms. The van der Waals surface area contributed by atoms with Crippen molar-refractivity contribution in [3.63, 3.8) is 0 Å². The highest BCUT2D eigenvalue weighted by molar-refractivity contribution is 6.28. The maximum atomic E-state index is 11.8. The fraction of sp³-hybridized carbons (Fsp3) is 0.700. The normalized spacial score (nSPS) is 15.6. The summed E-state index contributed by atoms with van der Waals surface area (Å²) in [7, 11) is 0. The number of alkyl halides is 1. The number of nitrogens with zero attached hydrogens (tertiary/aromatic N) is 1. The van der Waals surface area contributed by atoms with Crippen LogP contribution in [0.15, 0.2) is 0 Å². The van der Waals surface area contributed by atoms with Crippen molar-refractivity contribution < 1.29 is 14.4 Å². The van der Waals surface area contributed by atoms with Gasteiger partial charge < -0.3 is 10.6 Å². The summed E-state index contributed by atoms with van der Waals surface area (Å²) in [6.45, 7) is -0.175. The Balaban J connectivity index is 2.64. The van der Waals surface area contributed by atoms with E-state index in [9.17, 15) is 14.4 Å². The molecule has 7 heteroatoms. The molecule has 0 aromatic carbocycles. The number of hydrogen-bond donors (Lipinski definition) is 2. The molecule has 0 heterocycles. The zero-order valence-electron chi connectivity index (χ0n) is 9.45. The fourth-order valence-corrected chi connectivity index (χ4v) is 2.04. The van der Waals surface area contributed by atoms with Crippen LogP contribution in [0, 0.1) is 0 Å². The molecule has 3 N–H and O–H groups in total. The molecule has 1 aliphatic rings. The van der Waals surface area contributed by atoms with Crippen molar-refractivity contribution in [2.45, 2.75) is 31.7 Å². The third-order valence-corrected chi connectivity index (χ3v) is 2.96. The van der Waals surface area contributed by atoms with Crippen LogP contribution in [0.4, 0.5) is 4.79 Å². The van der Waals surface area contributed by atoms with Crippen LogP contribution in [0.2, 0.25) is 0 Å². The smallest absolute Gasteiger partial charge is 0.324 e. The van der Waals surface area contributed by atoms with E-state index in [1.165, 1.54) is 4.90 Å². The van der Waals surface area contributed by atoms with Crippen LogP contribution >= 0.6 is 11.6 Å². The number of imide groups is 1. The lowest BCUT2D eigenvalue weighted by Gasteiger charge is -2.27. The number of primary amides is 1. The summed E-state index contributed by atoms with van der Waals surface area (Å²) in [5.74, 6) is -1.46. The predicted octanol–water partition coefficient (Wildman–Crippen LogP) is 0.191. The Morgan fingerprint density at radius 1 is 1.29 bits per heavy atom. The summed E-state index contributed by atoms with van der Waals surface area (Å²) < 4.78 is 0. The maximum Gasteiger partial charge on any atom is 0.324 e. The van der Waals surface area contributed by atoms with E-state index in [0.29, 0.717) is 0 Å². The van der Waals surface area contributed by atoms with Gasteiger partial charge in [0.2, 0.25) is 11.8 Å². The molecule has 4 amide bonds. The molecule has 17 heavy (non-hydrogen) atoms. The highest BCUT2D eigenvalue weighted by Gasteiger charge is 2.28. The zero-order valence-corrected chi connectivity index (χ0v) is 10.2. The van der Waals surface area contributed by atoms with E-state index < -0.39 is 17.8 Å². The number of rotatable bonds is 4. The van der Waals surface area contributed by atoms with Crippen LogP contribution in [-0.4, -0.2) is 41.2 Å². The lowest BCUT2D eigenvalue weighted by Crippen LogP contribution is -2.50. The summed E-state index contributed by atoms with van der Waals surface area (Å²) in [5.41, 5.74) is 5.09. The quantitative estimate of drug-likeness (QED) is 0.708. The topological polar surface area (TPSA) is 92.5 Å². The van der Waals surface area contributed by atoms with Gasteiger partial charge in [-0.05, 0) is 12.8 Å². The number of hydrogen-bond acceptors (Lipinski definition) is 3. The Hall–Kier alpha value is -1.30. The van der Waals surface area contributed by atoms with Gasteiger partial charge in [0.25, 0.3) is 0 Å². The molecule has 0 saturated heterocycles. The zero-order chi connectivity index (χ0) is 12.8. The maximum absolute atomic E-state index is 11.8. The largest absolute Gasteiger partial charge is 0.368 e. The van der Waals surface area contributed by atoms with E-state index in [2.05, 4.69) is 5.32 Å². The third kappa shape index (κ3) is 4.22. The molecular weight excluding hydrogens is 246 g/mol. The third-order valence-electron chi connectivity index (χ3n) is 2.72. The van der Waals surface area contributed by atoms with Crippen molar-refractivity contribution in [3.8, 4) is 0 Å². The van der Waals surface area contributed by atoms with Crippen molar-refractivity contribution in [2.24, 2.45) is 5.73 Å². The monoisotopic (exact) mass is 261 g/mol. The molecule has 0 atom stereocenters. The van der Waals surface area contributed by atoms with Crippen molar-refractivity contribution in [3.05, 3.63) is 0 Å². The number of nitrogens with one attached hydrogen (secondary N) is 1. The van der Waals surface area contributed by atoms with Gasteiger partial charge in [-0.2, -0.15) is 0 Å². The van der Waals surface area contributed by atoms with Gasteiger partial charge in [-0.25, -0.2) is 4.79 Å². The van der Waals surface area contributed by atoms with E-state index in [1.807, 2.05) is 0 Å². The minimum Gasteiger partial charge on any atom is -0.368 e. The first kappa shape index (κ1) is 13.8. The second-order valence-corrected chi connectivity index (χ2v) is 4.29. The van der Waals surface area contributed by atoms with Crippen LogP contribution in [-0.2, 0) is 9.59 Å². The molecular formula is C10H16ClN3O3. The van der Waals surface area contributed by atoms with Gasteiger partial charge in [0.05, 0.1) is 0 Å². The molecule has 6 nitrogen and oxygen atoms in total. The van der Waals surface area contributed by atoms with E-state index in [0.717, 1.165) is 25.7 Å². The number of urea groups is 1. The van der Waals surface area contributed by atoms with Gasteiger partial charge in [0.15, 0.2) is 0 Å². The second-order valence-electron chi connectivity index (χ2n) is 4.02. The first-order valence-electron chi connectivity index (χ1n) is 5.49. The van der Waals surface area contributed by atoms with Gasteiger partial charge in [-0.3, -0.25) is 14.9 Å². The minimum absolute atomic E-state index is 0.0226. The average molecular weight is 262 g/mol. The van der Waals surface area contributed by atoms with Gasteiger partial charge >= 0.3 is 6.03 Å². The van der Waals surface area contributed by atoms with E-state index in [1.54, 1.807) is 0 Å². The van der Waals surface area contributed by atoms with Crippen LogP contribution in [0.1, 0.15) is 25.7 Å². The van der Waals surface area contributed by atoms with Crippen molar-refractivity contribution in [1.29, 1.82) is 0 Å². The summed E-state index contributed by atoms with van der Waals surface area (Å²) in [6, 6.07) is -0.619. The van der Waals surface area contributed by atoms with E-state index >= 15 is 0 Å². The fourth-order valence-electron chi connectivity index (χ4n) is 1.98. The Morgan fingerprint density at radius 3 is 2.35 bits per heavy atom. The van der Waals surface area contributed by atoms with Gasteiger partial charge in [-0.15, -0.1) is 11.6 Å². The van der Waals surface area contributed by atoms with Crippen LogP contribution in [0.3, 0.4) is 0 Å². The molecule has 0 aromatic heterocycles. The molecule has 0 unspecified atom stereocenters. The Labute approximate surface area is 104 Å². The summed E-state index contributed by atoms with van der Waals surface area (Å²) in [4.78, 5) is 35.0.